The average molecular weight is 320 g/mol. The highest BCUT2D eigenvalue weighted by Gasteiger charge is 2.29. The highest BCUT2D eigenvalue weighted by atomic mass is 32.2. The Morgan fingerprint density at radius 3 is 2.77 bits per heavy atom. The molecule has 1 fully saturated rings. The number of anilines is 1. The van der Waals surface area contributed by atoms with Gasteiger partial charge in [0.05, 0.1) is 5.25 Å². The fourth-order valence-corrected chi connectivity index (χ4v) is 3.74. The maximum Gasteiger partial charge on any atom is 0.240 e. The third-order valence-electron chi connectivity index (χ3n) is 3.75. The molecular weight excluding hydrogens is 296 g/mol. The van der Waals surface area contributed by atoms with Gasteiger partial charge in [-0.3, -0.25) is 9.59 Å². The van der Waals surface area contributed by atoms with E-state index in [2.05, 4.69) is 12.2 Å². The highest BCUT2D eigenvalue weighted by Crippen LogP contribution is 2.28. The molecule has 2 rings (SSSR count). The smallest absolute Gasteiger partial charge is 0.240 e. The Morgan fingerprint density at radius 1 is 1.36 bits per heavy atom. The van der Waals surface area contributed by atoms with Crippen molar-refractivity contribution >= 4 is 29.3 Å². The van der Waals surface area contributed by atoms with E-state index < -0.39 is 0 Å². The molecule has 22 heavy (non-hydrogen) atoms. The van der Waals surface area contributed by atoms with E-state index in [4.69, 9.17) is 0 Å². The lowest BCUT2D eigenvalue weighted by Gasteiger charge is -2.32. The minimum atomic E-state index is 0.00397. The number of nitrogens with zero attached hydrogens (tertiary/aromatic N) is 1. The highest BCUT2D eigenvalue weighted by molar-refractivity contribution is 8.00. The molecule has 4 nitrogen and oxygen atoms in total. The van der Waals surface area contributed by atoms with Gasteiger partial charge in [-0.1, -0.05) is 17.7 Å². The van der Waals surface area contributed by atoms with Crippen LogP contribution in [0.25, 0.3) is 0 Å². The van der Waals surface area contributed by atoms with Crippen molar-refractivity contribution in [3.8, 4) is 0 Å². The van der Waals surface area contributed by atoms with Crippen LogP contribution in [0.15, 0.2) is 24.3 Å². The third-order valence-corrected chi connectivity index (χ3v) is 5.11. The largest absolute Gasteiger partial charge is 0.356 e. The van der Waals surface area contributed by atoms with Crippen molar-refractivity contribution in [2.45, 2.75) is 38.4 Å². The molecule has 5 heteroatoms. The topological polar surface area (TPSA) is 49.4 Å². The molecule has 1 aromatic rings. The number of carbonyl (C=O) groups excluding carboxylic acids is 2. The zero-order chi connectivity index (χ0) is 15.9. The molecule has 1 N–H and O–H groups in total. The van der Waals surface area contributed by atoms with Gasteiger partial charge in [-0.15, -0.1) is 11.8 Å². The standard InChI is InChI=1S/C17H24N2O2S/c1-13-6-8-15(9-7-13)19-11-3-5-16(17(19)21)22-12-4-10-18-14(2)20/h6-9,16H,3-5,10-12H2,1-2H3,(H,18,20)/t16-/m1/s1. The van der Waals surface area contributed by atoms with Gasteiger partial charge in [0.2, 0.25) is 11.8 Å². The van der Waals surface area contributed by atoms with Crippen LogP contribution in [0.3, 0.4) is 0 Å². The minimum absolute atomic E-state index is 0.00397. The van der Waals surface area contributed by atoms with Crippen LogP contribution in [0.4, 0.5) is 5.69 Å². The average Bonchev–Trinajstić information content (AvgIpc) is 2.49. The number of hydrogen-bond donors (Lipinski definition) is 1. The zero-order valence-electron chi connectivity index (χ0n) is 13.3. The third kappa shape index (κ3) is 4.77. The molecule has 1 aromatic carbocycles. The summed E-state index contributed by atoms with van der Waals surface area (Å²) in [4.78, 5) is 25.3. The van der Waals surface area contributed by atoms with Crippen LogP contribution in [0.2, 0.25) is 0 Å². The van der Waals surface area contributed by atoms with Crippen molar-refractivity contribution in [3.05, 3.63) is 29.8 Å². The number of amides is 2. The fourth-order valence-electron chi connectivity index (χ4n) is 2.54. The molecule has 0 unspecified atom stereocenters. The van der Waals surface area contributed by atoms with Crippen molar-refractivity contribution < 1.29 is 9.59 Å². The van der Waals surface area contributed by atoms with Crippen LogP contribution in [0.5, 0.6) is 0 Å². The SMILES string of the molecule is CC(=O)NCCCS[C@@H]1CCCN(c2ccc(C)cc2)C1=O. The van der Waals surface area contributed by atoms with Gasteiger partial charge < -0.3 is 10.2 Å². The first kappa shape index (κ1) is 16.9. The molecule has 120 valence electrons. The summed E-state index contributed by atoms with van der Waals surface area (Å²) < 4.78 is 0. The Labute approximate surface area is 136 Å². The quantitative estimate of drug-likeness (QED) is 0.820. The Bertz CT molecular complexity index is 516. The lowest BCUT2D eigenvalue weighted by atomic mass is 10.1. The molecule has 1 heterocycles. The summed E-state index contributed by atoms with van der Waals surface area (Å²) in [5.41, 5.74) is 2.20. The Kier molecular flexibility index (Phi) is 6.31. The van der Waals surface area contributed by atoms with E-state index in [0.29, 0.717) is 6.54 Å². The molecule has 1 aliphatic heterocycles. The van der Waals surface area contributed by atoms with E-state index in [0.717, 1.165) is 37.2 Å². The lowest BCUT2D eigenvalue weighted by Crippen LogP contribution is -2.43. The number of aryl methyl sites for hydroxylation is 1. The van der Waals surface area contributed by atoms with E-state index in [1.807, 2.05) is 29.2 Å². The van der Waals surface area contributed by atoms with Crippen LogP contribution in [0, 0.1) is 6.92 Å². The molecular formula is C17H24N2O2S. The van der Waals surface area contributed by atoms with E-state index in [9.17, 15) is 9.59 Å². The number of thioether (sulfide) groups is 1. The second-order valence-corrected chi connectivity index (χ2v) is 6.97. The molecule has 0 spiro atoms. The Balaban J connectivity index is 1.84. The molecule has 0 saturated carbocycles. The predicted molar refractivity (Wildman–Crippen MR) is 92.3 cm³/mol. The monoisotopic (exact) mass is 320 g/mol. The molecule has 0 bridgehead atoms. The Hall–Kier alpha value is -1.49. The summed E-state index contributed by atoms with van der Waals surface area (Å²) in [6.07, 6.45) is 2.90. The first-order valence-electron chi connectivity index (χ1n) is 7.82. The molecule has 0 aliphatic carbocycles. The number of rotatable bonds is 6. The minimum Gasteiger partial charge on any atom is -0.356 e. The molecule has 2 amide bonds. The maximum absolute atomic E-state index is 12.6. The van der Waals surface area contributed by atoms with E-state index in [1.165, 1.54) is 12.5 Å². The van der Waals surface area contributed by atoms with Gasteiger partial charge in [-0.25, -0.2) is 0 Å². The second kappa shape index (κ2) is 8.22. The summed E-state index contributed by atoms with van der Waals surface area (Å²) in [5, 5.41) is 2.84. The van der Waals surface area contributed by atoms with Crippen LogP contribution < -0.4 is 10.2 Å². The van der Waals surface area contributed by atoms with Crippen molar-refractivity contribution in [1.29, 1.82) is 0 Å². The number of piperidine rings is 1. The fraction of sp³-hybridized carbons (Fsp3) is 0.529. The number of carbonyl (C=O) groups is 2. The van der Waals surface area contributed by atoms with Gasteiger partial charge in [0.25, 0.3) is 0 Å². The van der Waals surface area contributed by atoms with Gasteiger partial charge >= 0.3 is 0 Å². The van der Waals surface area contributed by atoms with Gasteiger partial charge in [-0.2, -0.15) is 0 Å². The summed E-state index contributed by atoms with van der Waals surface area (Å²) in [6.45, 7) is 5.07. The molecule has 0 aromatic heterocycles. The first-order valence-corrected chi connectivity index (χ1v) is 8.87. The summed E-state index contributed by atoms with van der Waals surface area (Å²) >= 11 is 1.72. The molecule has 1 aliphatic rings. The molecule has 1 saturated heterocycles. The van der Waals surface area contributed by atoms with Crippen molar-refractivity contribution in [1.82, 2.24) is 5.32 Å². The summed E-state index contributed by atoms with van der Waals surface area (Å²) in [5.74, 6) is 1.13. The first-order chi connectivity index (χ1) is 10.6. The second-order valence-electron chi connectivity index (χ2n) is 5.66. The predicted octanol–water partition coefficient (Wildman–Crippen LogP) is 2.75. The molecule has 1 atom stereocenters. The Morgan fingerprint density at radius 2 is 2.09 bits per heavy atom. The van der Waals surface area contributed by atoms with Crippen molar-refractivity contribution in [2.75, 3.05) is 23.7 Å². The van der Waals surface area contributed by atoms with Crippen molar-refractivity contribution in [3.63, 3.8) is 0 Å². The van der Waals surface area contributed by atoms with Crippen molar-refractivity contribution in [2.24, 2.45) is 0 Å². The zero-order valence-corrected chi connectivity index (χ0v) is 14.1. The van der Waals surface area contributed by atoms with Crippen LogP contribution in [0.1, 0.15) is 31.7 Å². The molecule has 0 radical (unpaired) electrons. The normalized spacial score (nSPS) is 18.4. The van der Waals surface area contributed by atoms with E-state index >= 15 is 0 Å². The van der Waals surface area contributed by atoms with Gasteiger partial charge in [0.1, 0.15) is 0 Å². The van der Waals surface area contributed by atoms with E-state index in [1.54, 1.807) is 11.8 Å². The maximum atomic E-state index is 12.6. The van der Waals surface area contributed by atoms with Gasteiger partial charge in [0, 0.05) is 25.7 Å². The van der Waals surface area contributed by atoms with E-state index in [-0.39, 0.29) is 17.1 Å². The van der Waals surface area contributed by atoms with Gasteiger partial charge in [0.15, 0.2) is 0 Å². The number of benzene rings is 1. The number of hydrogen-bond acceptors (Lipinski definition) is 3. The lowest BCUT2D eigenvalue weighted by molar-refractivity contribution is -0.119. The van der Waals surface area contributed by atoms with Gasteiger partial charge in [-0.05, 0) is 44.1 Å². The summed E-state index contributed by atoms with van der Waals surface area (Å²) in [7, 11) is 0. The van der Waals surface area contributed by atoms with Crippen LogP contribution in [-0.4, -0.2) is 35.9 Å². The summed E-state index contributed by atoms with van der Waals surface area (Å²) in [6, 6.07) is 8.15. The van der Waals surface area contributed by atoms with Crippen LogP contribution >= 0.6 is 11.8 Å². The van der Waals surface area contributed by atoms with Crippen LogP contribution in [-0.2, 0) is 9.59 Å². The number of nitrogens with one attached hydrogen (secondary N) is 1.